The van der Waals surface area contributed by atoms with Crippen molar-refractivity contribution in [2.24, 2.45) is 10.9 Å². The molecule has 0 aromatic heterocycles. The van der Waals surface area contributed by atoms with Gasteiger partial charge >= 0.3 is 0 Å². The van der Waals surface area contributed by atoms with Gasteiger partial charge in [0.15, 0.2) is 5.96 Å². The fourth-order valence-corrected chi connectivity index (χ4v) is 4.63. The maximum Gasteiger partial charge on any atom is 0.191 e. The van der Waals surface area contributed by atoms with Crippen LogP contribution in [0.2, 0.25) is 0 Å². The minimum atomic E-state index is 0.591. The van der Waals surface area contributed by atoms with Crippen LogP contribution in [0.25, 0.3) is 0 Å². The maximum atomic E-state index is 4.45. The summed E-state index contributed by atoms with van der Waals surface area (Å²) in [5.41, 5.74) is 0. The molecular weight excluding hydrogens is 360 g/mol. The fourth-order valence-electron chi connectivity index (χ4n) is 4.63. The highest BCUT2D eigenvalue weighted by Gasteiger charge is 2.22. The number of nitrogens with one attached hydrogen (secondary N) is 2. The molecule has 0 aromatic rings. The summed E-state index contributed by atoms with van der Waals surface area (Å²) in [6.45, 7) is 18.8. The number of rotatable bonds is 10. The standard InChI is InChI=1S/C23H48N6/c1-5-27-16-18-28(19-17-27)13-11-8-12-25-23(24-4)26-20-22(21(2)3)29-14-9-6-7-10-15-29/h21-22H,5-20H2,1-4H3,(H2,24,25,26). The summed E-state index contributed by atoms with van der Waals surface area (Å²) >= 11 is 0. The van der Waals surface area contributed by atoms with Gasteiger partial charge in [0.25, 0.3) is 0 Å². The van der Waals surface area contributed by atoms with E-state index in [1.54, 1.807) is 0 Å². The average molecular weight is 409 g/mol. The van der Waals surface area contributed by atoms with Crippen LogP contribution < -0.4 is 10.6 Å². The van der Waals surface area contributed by atoms with E-state index in [2.05, 4.69) is 51.1 Å². The first kappa shape index (κ1) is 24.4. The summed E-state index contributed by atoms with van der Waals surface area (Å²) in [5.74, 6) is 1.62. The molecule has 2 fully saturated rings. The predicted octanol–water partition coefficient (Wildman–Crippen LogP) is 2.47. The highest BCUT2D eigenvalue weighted by atomic mass is 15.3. The lowest BCUT2D eigenvalue weighted by Crippen LogP contribution is -2.50. The molecule has 0 radical (unpaired) electrons. The Balaban J connectivity index is 1.61. The van der Waals surface area contributed by atoms with E-state index in [4.69, 9.17) is 0 Å². The number of likely N-dealkylation sites (tertiary alicyclic amines) is 1. The molecule has 2 aliphatic rings. The van der Waals surface area contributed by atoms with Crippen LogP contribution in [-0.4, -0.2) is 99.2 Å². The second-order valence-electron chi connectivity index (χ2n) is 9.12. The van der Waals surface area contributed by atoms with Gasteiger partial charge in [-0.15, -0.1) is 0 Å². The number of unbranched alkanes of at least 4 members (excludes halogenated alkanes) is 1. The molecule has 1 unspecified atom stereocenters. The normalized spacial score (nSPS) is 21.9. The molecule has 2 aliphatic heterocycles. The molecule has 0 bridgehead atoms. The van der Waals surface area contributed by atoms with Crippen LogP contribution in [0.5, 0.6) is 0 Å². The van der Waals surface area contributed by atoms with E-state index in [0.717, 1.165) is 19.0 Å². The molecule has 0 saturated carbocycles. The van der Waals surface area contributed by atoms with Gasteiger partial charge in [-0.1, -0.05) is 33.6 Å². The average Bonchev–Trinajstić information content (AvgIpc) is 3.02. The first-order valence-electron chi connectivity index (χ1n) is 12.3. The molecular formula is C23H48N6. The summed E-state index contributed by atoms with van der Waals surface area (Å²) in [6, 6.07) is 0.591. The van der Waals surface area contributed by atoms with Gasteiger partial charge in [-0.05, 0) is 57.8 Å². The van der Waals surface area contributed by atoms with Gasteiger partial charge in [0.2, 0.25) is 0 Å². The fraction of sp³-hybridized carbons (Fsp3) is 0.957. The molecule has 29 heavy (non-hydrogen) atoms. The second-order valence-corrected chi connectivity index (χ2v) is 9.12. The molecule has 0 aliphatic carbocycles. The minimum Gasteiger partial charge on any atom is -0.356 e. The third kappa shape index (κ3) is 9.22. The third-order valence-corrected chi connectivity index (χ3v) is 6.69. The topological polar surface area (TPSA) is 46.1 Å². The molecule has 2 N–H and O–H groups in total. The lowest BCUT2D eigenvalue weighted by Gasteiger charge is -2.34. The molecule has 6 nitrogen and oxygen atoms in total. The Kier molecular flexibility index (Phi) is 12.0. The van der Waals surface area contributed by atoms with E-state index in [1.807, 2.05) is 7.05 Å². The second kappa shape index (κ2) is 14.2. The van der Waals surface area contributed by atoms with Crippen molar-refractivity contribution >= 4 is 5.96 Å². The number of nitrogens with zero attached hydrogens (tertiary/aromatic N) is 4. The Hall–Kier alpha value is -0.850. The highest BCUT2D eigenvalue weighted by molar-refractivity contribution is 5.79. The zero-order valence-corrected chi connectivity index (χ0v) is 19.8. The van der Waals surface area contributed by atoms with Crippen LogP contribution in [0.3, 0.4) is 0 Å². The molecule has 0 amide bonds. The first-order valence-corrected chi connectivity index (χ1v) is 12.3. The summed E-state index contributed by atoms with van der Waals surface area (Å²) in [5, 5.41) is 7.13. The highest BCUT2D eigenvalue weighted by Crippen LogP contribution is 2.17. The van der Waals surface area contributed by atoms with E-state index in [1.165, 1.54) is 90.9 Å². The zero-order chi connectivity index (χ0) is 20.9. The molecule has 0 aromatic carbocycles. The van der Waals surface area contributed by atoms with Crippen LogP contribution in [0.1, 0.15) is 59.3 Å². The maximum absolute atomic E-state index is 4.45. The third-order valence-electron chi connectivity index (χ3n) is 6.69. The summed E-state index contributed by atoms with van der Waals surface area (Å²) in [6.07, 6.45) is 7.96. The van der Waals surface area contributed by atoms with Gasteiger partial charge in [0.1, 0.15) is 0 Å². The quantitative estimate of drug-likeness (QED) is 0.330. The van der Waals surface area contributed by atoms with Crippen molar-refractivity contribution in [3.63, 3.8) is 0 Å². The Morgan fingerprint density at radius 3 is 2.10 bits per heavy atom. The zero-order valence-electron chi connectivity index (χ0n) is 19.8. The van der Waals surface area contributed by atoms with Crippen molar-refractivity contribution in [2.75, 3.05) is 72.5 Å². The van der Waals surface area contributed by atoms with Gasteiger partial charge < -0.3 is 20.4 Å². The number of aliphatic imine (C=N–C) groups is 1. The van der Waals surface area contributed by atoms with Crippen molar-refractivity contribution in [1.29, 1.82) is 0 Å². The van der Waals surface area contributed by atoms with Gasteiger partial charge in [-0.2, -0.15) is 0 Å². The van der Waals surface area contributed by atoms with Crippen LogP contribution >= 0.6 is 0 Å². The largest absolute Gasteiger partial charge is 0.356 e. The Bertz CT molecular complexity index is 437. The van der Waals surface area contributed by atoms with E-state index in [0.29, 0.717) is 12.0 Å². The smallest absolute Gasteiger partial charge is 0.191 e. The van der Waals surface area contributed by atoms with Crippen LogP contribution in [0.15, 0.2) is 4.99 Å². The number of guanidine groups is 1. The Labute approximate surface area is 180 Å². The van der Waals surface area contributed by atoms with E-state index >= 15 is 0 Å². The van der Waals surface area contributed by atoms with Gasteiger partial charge in [0, 0.05) is 52.4 Å². The first-order chi connectivity index (χ1) is 14.1. The number of hydrogen-bond acceptors (Lipinski definition) is 4. The van der Waals surface area contributed by atoms with Gasteiger partial charge in [-0.25, -0.2) is 0 Å². The molecule has 2 saturated heterocycles. The van der Waals surface area contributed by atoms with Crippen molar-refractivity contribution in [2.45, 2.75) is 65.3 Å². The Morgan fingerprint density at radius 1 is 0.862 bits per heavy atom. The monoisotopic (exact) mass is 408 g/mol. The molecule has 170 valence electrons. The number of likely N-dealkylation sites (N-methyl/N-ethyl adjacent to an activating group) is 1. The van der Waals surface area contributed by atoms with Crippen molar-refractivity contribution in [3.8, 4) is 0 Å². The summed E-state index contributed by atoms with van der Waals surface area (Å²) in [4.78, 5) is 12.3. The lowest BCUT2D eigenvalue weighted by atomic mass is 10.0. The van der Waals surface area contributed by atoms with Gasteiger partial charge in [0.05, 0.1) is 0 Å². The molecule has 6 heteroatoms. The van der Waals surface area contributed by atoms with E-state index < -0.39 is 0 Å². The summed E-state index contributed by atoms with van der Waals surface area (Å²) < 4.78 is 0. The van der Waals surface area contributed by atoms with Gasteiger partial charge in [-0.3, -0.25) is 9.89 Å². The predicted molar refractivity (Wildman–Crippen MR) is 126 cm³/mol. The number of hydrogen-bond donors (Lipinski definition) is 2. The van der Waals surface area contributed by atoms with Crippen molar-refractivity contribution in [3.05, 3.63) is 0 Å². The van der Waals surface area contributed by atoms with E-state index in [9.17, 15) is 0 Å². The van der Waals surface area contributed by atoms with Crippen LogP contribution in [-0.2, 0) is 0 Å². The van der Waals surface area contributed by atoms with Crippen LogP contribution in [0.4, 0.5) is 0 Å². The molecule has 2 heterocycles. The van der Waals surface area contributed by atoms with E-state index in [-0.39, 0.29) is 0 Å². The number of piperazine rings is 1. The van der Waals surface area contributed by atoms with Crippen molar-refractivity contribution in [1.82, 2.24) is 25.3 Å². The summed E-state index contributed by atoms with van der Waals surface area (Å²) in [7, 11) is 1.89. The Morgan fingerprint density at radius 2 is 1.52 bits per heavy atom. The van der Waals surface area contributed by atoms with Crippen molar-refractivity contribution < 1.29 is 0 Å². The minimum absolute atomic E-state index is 0.591. The lowest BCUT2D eigenvalue weighted by molar-refractivity contribution is 0.136. The van der Waals surface area contributed by atoms with Crippen LogP contribution in [0, 0.1) is 5.92 Å². The SMILES string of the molecule is CCN1CCN(CCCCNC(=NC)NCC(C(C)C)N2CCCCCC2)CC1. The molecule has 2 rings (SSSR count). The molecule has 1 atom stereocenters. The molecule has 0 spiro atoms.